The molecule has 0 spiro atoms. The van der Waals surface area contributed by atoms with Crippen LogP contribution >= 0.6 is 0 Å². The Balaban J connectivity index is 1.13. The van der Waals surface area contributed by atoms with Gasteiger partial charge in [0.2, 0.25) is 0 Å². The van der Waals surface area contributed by atoms with E-state index in [1.807, 2.05) is 59.5 Å². The van der Waals surface area contributed by atoms with Crippen molar-refractivity contribution in [1.82, 2.24) is 30.9 Å². The fourth-order valence-electron chi connectivity index (χ4n) is 7.42. The van der Waals surface area contributed by atoms with Crippen LogP contribution in [0.2, 0.25) is 0 Å². The Kier molecular flexibility index (Phi) is 6.02. The van der Waals surface area contributed by atoms with Crippen LogP contribution in [0.15, 0.2) is 153 Å². The molecule has 3 heterocycles. The molecule has 52 heavy (non-hydrogen) atoms. The SMILES string of the molecule is c1ccc2cc(-c3ccc(N(c4cccc5nonc45)c4ccc(-c5ccc6ccc7ccccc7c6c5)c5nonc45)c4nonc34)ccc2c1. The van der Waals surface area contributed by atoms with Crippen LogP contribution in [0, 0.1) is 0 Å². The Morgan fingerprint density at radius 2 is 0.885 bits per heavy atom. The molecule has 0 aliphatic rings. The van der Waals surface area contributed by atoms with Crippen molar-refractivity contribution in [1.29, 1.82) is 0 Å². The average Bonchev–Trinajstić information content (AvgIpc) is 4.00. The van der Waals surface area contributed by atoms with Crippen LogP contribution in [0.25, 0.3) is 87.7 Å². The molecule has 0 bridgehead atoms. The molecular formula is C42H23N7O3. The van der Waals surface area contributed by atoms with E-state index in [1.165, 1.54) is 10.8 Å². The van der Waals surface area contributed by atoms with Crippen LogP contribution in [-0.2, 0) is 0 Å². The first kappa shape index (κ1) is 28.4. The smallest absolute Gasteiger partial charge is 0.159 e. The van der Waals surface area contributed by atoms with E-state index in [9.17, 15) is 0 Å². The third kappa shape index (κ3) is 4.24. The third-order valence-electron chi connectivity index (χ3n) is 9.89. The van der Waals surface area contributed by atoms with Crippen LogP contribution < -0.4 is 4.90 Å². The lowest BCUT2D eigenvalue weighted by Gasteiger charge is -2.25. The second kappa shape index (κ2) is 11.0. The number of hydrogen-bond donors (Lipinski definition) is 0. The molecule has 0 fully saturated rings. The first-order valence-corrected chi connectivity index (χ1v) is 16.7. The molecule has 3 aromatic heterocycles. The topological polar surface area (TPSA) is 120 Å². The Morgan fingerprint density at radius 1 is 0.346 bits per heavy atom. The number of nitrogens with zero attached hydrogens (tertiary/aromatic N) is 7. The molecule has 0 N–H and O–H groups in total. The summed E-state index contributed by atoms with van der Waals surface area (Å²) in [5.74, 6) is 0. The molecule has 0 aliphatic heterocycles. The highest BCUT2D eigenvalue weighted by molar-refractivity contribution is 6.12. The van der Waals surface area contributed by atoms with Gasteiger partial charge in [-0.3, -0.25) is 0 Å². The second-order valence-corrected chi connectivity index (χ2v) is 12.7. The minimum Gasteiger partial charge on any atom is -0.303 e. The van der Waals surface area contributed by atoms with E-state index in [0.717, 1.165) is 43.8 Å². The normalized spacial score (nSPS) is 11.8. The maximum absolute atomic E-state index is 5.48. The quantitative estimate of drug-likeness (QED) is 0.163. The highest BCUT2D eigenvalue weighted by atomic mass is 16.6. The van der Waals surface area contributed by atoms with Crippen molar-refractivity contribution in [2.45, 2.75) is 0 Å². The van der Waals surface area contributed by atoms with E-state index >= 15 is 0 Å². The first-order valence-electron chi connectivity index (χ1n) is 16.7. The number of anilines is 3. The van der Waals surface area contributed by atoms with Crippen molar-refractivity contribution in [3.8, 4) is 22.3 Å². The van der Waals surface area contributed by atoms with Crippen LogP contribution in [0.4, 0.5) is 17.1 Å². The number of rotatable bonds is 5. The number of aromatic nitrogens is 6. The van der Waals surface area contributed by atoms with Gasteiger partial charge in [-0.25, -0.2) is 13.9 Å². The van der Waals surface area contributed by atoms with Crippen molar-refractivity contribution >= 4 is 82.5 Å². The van der Waals surface area contributed by atoms with E-state index in [4.69, 9.17) is 13.9 Å². The van der Waals surface area contributed by atoms with Crippen molar-refractivity contribution < 1.29 is 13.9 Å². The maximum Gasteiger partial charge on any atom is 0.159 e. The summed E-state index contributed by atoms with van der Waals surface area (Å²) in [6.07, 6.45) is 0. The lowest BCUT2D eigenvalue weighted by atomic mass is 9.96. The fraction of sp³-hybridized carbons (Fsp3) is 0. The largest absolute Gasteiger partial charge is 0.303 e. The van der Waals surface area contributed by atoms with Gasteiger partial charge in [0.05, 0.1) is 17.1 Å². The average molecular weight is 674 g/mol. The lowest BCUT2D eigenvalue weighted by Crippen LogP contribution is -2.12. The number of hydrogen-bond acceptors (Lipinski definition) is 10. The molecule has 10 nitrogen and oxygen atoms in total. The zero-order chi connectivity index (χ0) is 34.2. The van der Waals surface area contributed by atoms with Gasteiger partial charge >= 0.3 is 0 Å². The third-order valence-corrected chi connectivity index (χ3v) is 9.89. The second-order valence-electron chi connectivity index (χ2n) is 12.7. The molecule has 8 aromatic carbocycles. The minimum absolute atomic E-state index is 0.548. The van der Waals surface area contributed by atoms with E-state index in [0.29, 0.717) is 50.2 Å². The van der Waals surface area contributed by atoms with Gasteiger partial charge in [0.1, 0.15) is 16.6 Å². The van der Waals surface area contributed by atoms with Gasteiger partial charge in [0, 0.05) is 11.1 Å². The van der Waals surface area contributed by atoms with Gasteiger partial charge < -0.3 is 4.90 Å². The maximum atomic E-state index is 5.48. The Hall–Kier alpha value is -7.46. The fourth-order valence-corrected chi connectivity index (χ4v) is 7.42. The molecular weight excluding hydrogens is 651 g/mol. The predicted molar refractivity (Wildman–Crippen MR) is 201 cm³/mol. The van der Waals surface area contributed by atoms with Crippen LogP contribution in [0.1, 0.15) is 0 Å². The monoisotopic (exact) mass is 673 g/mol. The van der Waals surface area contributed by atoms with Crippen LogP contribution in [-0.4, -0.2) is 30.9 Å². The van der Waals surface area contributed by atoms with Crippen LogP contribution in [0.3, 0.4) is 0 Å². The summed E-state index contributed by atoms with van der Waals surface area (Å²) in [4.78, 5) is 2.01. The molecule has 0 saturated carbocycles. The minimum atomic E-state index is 0.548. The Morgan fingerprint density at radius 3 is 1.63 bits per heavy atom. The highest BCUT2D eigenvalue weighted by Crippen LogP contribution is 2.46. The molecule has 0 saturated heterocycles. The van der Waals surface area contributed by atoms with Gasteiger partial charge in [0.25, 0.3) is 0 Å². The summed E-state index contributed by atoms with van der Waals surface area (Å²) in [6.45, 7) is 0. The zero-order valence-corrected chi connectivity index (χ0v) is 27.1. The van der Waals surface area contributed by atoms with Crippen molar-refractivity contribution in [3.05, 3.63) is 140 Å². The molecule has 0 unspecified atom stereocenters. The van der Waals surface area contributed by atoms with Crippen molar-refractivity contribution in [2.75, 3.05) is 4.90 Å². The predicted octanol–water partition coefficient (Wildman–Crippen LogP) is 10.6. The molecule has 10 heteroatoms. The van der Waals surface area contributed by atoms with E-state index in [2.05, 4.69) is 116 Å². The van der Waals surface area contributed by atoms with E-state index in [-0.39, 0.29) is 0 Å². The highest BCUT2D eigenvalue weighted by Gasteiger charge is 2.27. The molecule has 0 radical (unpaired) electrons. The van der Waals surface area contributed by atoms with Gasteiger partial charge in [0.15, 0.2) is 16.6 Å². The van der Waals surface area contributed by atoms with Gasteiger partial charge in [-0.05, 0) is 123 Å². The standard InChI is InChI=1S/C42H23N7O3/c1-2-8-27-22-28(16-12-24(27)6-1)31-18-20-36(41-38(31)44-51-47-41)49(35-11-5-10-34-40(35)46-50-43-34)37-21-19-32(39-42(37)48-52-45-39)29-17-15-26-14-13-25-7-3-4-9-30(25)33(26)23-29/h1-23H. The molecule has 244 valence electrons. The van der Waals surface area contributed by atoms with Crippen molar-refractivity contribution in [3.63, 3.8) is 0 Å². The summed E-state index contributed by atoms with van der Waals surface area (Å²) in [7, 11) is 0. The molecule has 0 amide bonds. The Labute approximate surface area is 293 Å². The van der Waals surface area contributed by atoms with Gasteiger partial charge in [-0.1, -0.05) is 91.0 Å². The van der Waals surface area contributed by atoms with E-state index in [1.54, 1.807) is 0 Å². The Bertz CT molecular complexity index is 3180. The lowest BCUT2D eigenvalue weighted by molar-refractivity contribution is 0.315. The summed E-state index contributed by atoms with van der Waals surface area (Å²) in [5.41, 5.74) is 9.29. The zero-order valence-electron chi connectivity index (χ0n) is 27.1. The summed E-state index contributed by atoms with van der Waals surface area (Å²) >= 11 is 0. The number of fused-ring (bicyclic) bond motifs is 7. The summed E-state index contributed by atoms with van der Waals surface area (Å²) < 4.78 is 16.1. The van der Waals surface area contributed by atoms with Gasteiger partial charge in [-0.15, -0.1) is 0 Å². The first-order chi connectivity index (χ1) is 25.8. The van der Waals surface area contributed by atoms with Crippen LogP contribution in [0.5, 0.6) is 0 Å². The summed E-state index contributed by atoms with van der Waals surface area (Å²) in [5, 5.41) is 33.2. The number of benzene rings is 8. The molecule has 11 rings (SSSR count). The molecule has 0 aliphatic carbocycles. The van der Waals surface area contributed by atoms with Crippen molar-refractivity contribution in [2.24, 2.45) is 0 Å². The summed E-state index contributed by atoms with van der Waals surface area (Å²) in [6, 6.07) is 47.6. The molecule has 0 atom stereocenters. The molecule has 11 aromatic rings. The van der Waals surface area contributed by atoms with E-state index < -0.39 is 0 Å². The van der Waals surface area contributed by atoms with Gasteiger partial charge in [-0.2, -0.15) is 0 Å².